The smallest absolute Gasteiger partial charge is 0.165 e. The van der Waals surface area contributed by atoms with Gasteiger partial charge in [-0.2, -0.15) is 10.3 Å². The van der Waals surface area contributed by atoms with E-state index in [0.29, 0.717) is 5.82 Å². The van der Waals surface area contributed by atoms with Crippen LogP contribution in [0.15, 0.2) is 66.9 Å². The topological polar surface area (TPSA) is 67.6 Å². The zero-order valence-corrected chi connectivity index (χ0v) is 11.0. The molecule has 0 bridgehead atoms. The maximum Gasteiger partial charge on any atom is 0.165 e. The molecular weight excluding hydrogens is 248 g/mol. The SMILES string of the molecule is C(=Cc1ccccc1)c1ccccc1.Nc1cn[nH]n1. The van der Waals surface area contributed by atoms with Crippen LogP contribution >= 0.6 is 0 Å². The number of hydrogen-bond acceptors (Lipinski definition) is 3. The average Bonchev–Trinajstić information content (AvgIpc) is 2.99. The second-order valence-corrected chi connectivity index (χ2v) is 4.05. The summed E-state index contributed by atoms with van der Waals surface area (Å²) in [5, 5.41) is 9.22. The quantitative estimate of drug-likeness (QED) is 0.698. The van der Waals surface area contributed by atoms with Crippen molar-refractivity contribution in [3.8, 4) is 0 Å². The van der Waals surface area contributed by atoms with Crippen molar-refractivity contribution < 1.29 is 0 Å². The minimum atomic E-state index is 0.426. The third-order valence-electron chi connectivity index (χ3n) is 2.50. The fourth-order valence-electron chi connectivity index (χ4n) is 1.53. The Morgan fingerprint density at radius 1 is 0.800 bits per heavy atom. The third kappa shape index (κ3) is 4.78. The Morgan fingerprint density at radius 3 is 1.60 bits per heavy atom. The molecule has 1 aromatic heterocycles. The van der Waals surface area contributed by atoms with Crippen LogP contribution in [0.4, 0.5) is 5.82 Å². The molecule has 100 valence electrons. The van der Waals surface area contributed by atoms with Gasteiger partial charge in [-0.3, -0.25) is 0 Å². The van der Waals surface area contributed by atoms with Gasteiger partial charge in [0.05, 0.1) is 6.20 Å². The second kappa shape index (κ2) is 7.53. The van der Waals surface area contributed by atoms with E-state index in [1.165, 1.54) is 17.3 Å². The number of nitrogen functional groups attached to an aromatic ring is 1. The lowest BCUT2D eigenvalue weighted by Gasteiger charge is -1.92. The lowest BCUT2D eigenvalue weighted by atomic mass is 10.1. The van der Waals surface area contributed by atoms with E-state index >= 15 is 0 Å². The number of rotatable bonds is 2. The Bertz CT molecular complexity index is 575. The summed E-state index contributed by atoms with van der Waals surface area (Å²) in [4.78, 5) is 0. The van der Waals surface area contributed by atoms with Crippen LogP contribution in [-0.4, -0.2) is 15.4 Å². The van der Waals surface area contributed by atoms with Crippen LogP contribution < -0.4 is 5.73 Å². The largest absolute Gasteiger partial charge is 0.381 e. The molecule has 3 rings (SSSR count). The van der Waals surface area contributed by atoms with Gasteiger partial charge in [0.15, 0.2) is 5.82 Å². The highest BCUT2D eigenvalue weighted by molar-refractivity contribution is 5.69. The molecule has 0 amide bonds. The summed E-state index contributed by atoms with van der Waals surface area (Å²) in [7, 11) is 0. The fourth-order valence-corrected chi connectivity index (χ4v) is 1.53. The van der Waals surface area contributed by atoms with E-state index in [1.807, 2.05) is 36.4 Å². The van der Waals surface area contributed by atoms with Gasteiger partial charge >= 0.3 is 0 Å². The number of aromatic amines is 1. The van der Waals surface area contributed by atoms with Crippen molar-refractivity contribution in [2.24, 2.45) is 0 Å². The van der Waals surface area contributed by atoms with Crippen LogP contribution in [0.5, 0.6) is 0 Å². The van der Waals surface area contributed by atoms with Crippen molar-refractivity contribution >= 4 is 18.0 Å². The average molecular weight is 264 g/mol. The summed E-state index contributed by atoms with van der Waals surface area (Å²) >= 11 is 0. The first-order valence-electron chi connectivity index (χ1n) is 6.24. The van der Waals surface area contributed by atoms with Crippen molar-refractivity contribution in [1.29, 1.82) is 0 Å². The summed E-state index contributed by atoms with van der Waals surface area (Å²) in [5.41, 5.74) is 7.54. The molecule has 1 heterocycles. The van der Waals surface area contributed by atoms with Gasteiger partial charge in [-0.25, -0.2) is 0 Å². The molecule has 0 spiro atoms. The van der Waals surface area contributed by atoms with Gasteiger partial charge < -0.3 is 5.73 Å². The van der Waals surface area contributed by atoms with Gasteiger partial charge in [0, 0.05) is 0 Å². The predicted molar refractivity (Wildman–Crippen MR) is 82.6 cm³/mol. The van der Waals surface area contributed by atoms with Crippen LogP contribution in [0.2, 0.25) is 0 Å². The zero-order chi connectivity index (χ0) is 14.0. The normalized spacial score (nSPS) is 10.0. The lowest BCUT2D eigenvalue weighted by molar-refractivity contribution is 0.943. The van der Waals surface area contributed by atoms with Crippen molar-refractivity contribution in [3.05, 3.63) is 78.0 Å². The molecule has 3 aromatic rings. The first kappa shape index (κ1) is 13.5. The maximum absolute atomic E-state index is 5.07. The van der Waals surface area contributed by atoms with Crippen molar-refractivity contribution in [1.82, 2.24) is 15.4 Å². The molecule has 0 saturated heterocycles. The number of H-pyrrole nitrogens is 1. The molecule has 0 radical (unpaired) electrons. The summed E-state index contributed by atoms with van der Waals surface area (Å²) in [6.07, 6.45) is 5.69. The van der Waals surface area contributed by atoms with E-state index in [2.05, 4.69) is 51.8 Å². The Labute approximate surface area is 118 Å². The first-order chi connectivity index (χ1) is 9.84. The second-order valence-electron chi connectivity index (χ2n) is 4.05. The molecule has 20 heavy (non-hydrogen) atoms. The van der Waals surface area contributed by atoms with Gasteiger partial charge in [0.2, 0.25) is 0 Å². The van der Waals surface area contributed by atoms with Gasteiger partial charge in [-0.05, 0) is 11.1 Å². The highest BCUT2D eigenvalue weighted by Crippen LogP contribution is 2.06. The highest BCUT2D eigenvalue weighted by atomic mass is 15.3. The van der Waals surface area contributed by atoms with Crippen molar-refractivity contribution in [2.45, 2.75) is 0 Å². The van der Waals surface area contributed by atoms with E-state index in [0.717, 1.165) is 0 Å². The number of aromatic nitrogens is 3. The zero-order valence-electron chi connectivity index (χ0n) is 11.0. The van der Waals surface area contributed by atoms with Crippen LogP contribution in [0.3, 0.4) is 0 Å². The number of nitrogens with zero attached hydrogens (tertiary/aromatic N) is 2. The summed E-state index contributed by atoms with van der Waals surface area (Å²) in [6.45, 7) is 0. The number of nitrogens with two attached hydrogens (primary N) is 1. The molecule has 0 unspecified atom stereocenters. The lowest BCUT2D eigenvalue weighted by Crippen LogP contribution is -1.81. The molecule has 2 aromatic carbocycles. The number of nitrogens with one attached hydrogen (secondary N) is 1. The van der Waals surface area contributed by atoms with E-state index < -0.39 is 0 Å². The molecule has 4 nitrogen and oxygen atoms in total. The van der Waals surface area contributed by atoms with Crippen molar-refractivity contribution in [2.75, 3.05) is 5.73 Å². The van der Waals surface area contributed by atoms with Crippen LogP contribution in [0.1, 0.15) is 11.1 Å². The van der Waals surface area contributed by atoms with Gasteiger partial charge in [0.25, 0.3) is 0 Å². The van der Waals surface area contributed by atoms with E-state index in [4.69, 9.17) is 5.73 Å². The number of benzene rings is 2. The van der Waals surface area contributed by atoms with E-state index in [1.54, 1.807) is 0 Å². The van der Waals surface area contributed by atoms with Crippen LogP contribution in [0, 0.1) is 0 Å². The minimum absolute atomic E-state index is 0.426. The molecule has 0 atom stereocenters. The molecule has 0 fully saturated rings. The minimum Gasteiger partial charge on any atom is -0.381 e. The van der Waals surface area contributed by atoms with Gasteiger partial charge in [-0.1, -0.05) is 72.8 Å². The fraction of sp³-hybridized carbons (Fsp3) is 0. The molecule has 4 heteroatoms. The summed E-state index contributed by atoms with van der Waals surface area (Å²) < 4.78 is 0. The highest BCUT2D eigenvalue weighted by Gasteiger charge is 1.84. The van der Waals surface area contributed by atoms with Crippen molar-refractivity contribution in [3.63, 3.8) is 0 Å². The Morgan fingerprint density at radius 2 is 1.30 bits per heavy atom. The first-order valence-corrected chi connectivity index (χ1v) is 6.24. The molecule has 3 N–H and O–H groups in total. The van der Waals surface area contributed by atoms with E-state index in [9.17, 15) is 0 Å². The molecule has 0 saturated carbocycles. The monoisotopic (exact) mass is 264 g/mol. The Balaban J connectivity index is 0.000000205. The molecular formula is C16H16N4. The number of hydrogen-bond donors (Lipinski definition) is 2. The molecule has 0 aliphatic rings. The van der Waals surface area contributed by atoms with Crippen LogP contribution in [0.25, 0.3) is 12.2 Å². The molecule has 0 aliphatic heterocycles. The van der Waals surface area contributed by atoms with E-state index in [-0.39, 0.29) is 0 Å². The maximum atomic E-state index is 5.07. The Kier molecular flexibility index (Phi) is 5.10. The Hall–Kier alpha value is -2.88. The molecule has 0 aliphatic carbocycles. The van der Waals surface area contributed by atoms with Gasteiger partial charge in [0.1, 0.15) is 0 Å². The summed E-state index contributed by atoms with van der Waals surface area (Å²) in [5.74, 6) is 0.426. The summed E-state index contributed by atoms with van der Waals surface area (Å²) in [6, 6.07) is 20.6. The number of anilines is 1. The predicted octanol–water partition coefficient (Wildman–Crippen LogP) is 3.24. The van der Waals surface area contributed by atoms with Crippen LogP contribution in [-0.2, 0) is 0 Å². The standard InChI is InChI=1S/C14H12.C2H4N4/c1-3-7-13(8-4-1)11-12-14-9-5-2-6-10-14;3-2-1-4-6-5-2/h1-12H;1H,(H3,3,4,5,6). The third-order valence-corrected chi connectivity index (χ3v) is 2.50. The van der Waals surface area contributed by atoms with Gasteiger partial charge in [-0.15, -0.1) is 5.10 Å².